The maximum Gasteiger partial charge on any atom is 0.316 e. The standard InChI is InChI=1S/C15H24N2O3S/c1-3-5-6-7-9-20-14(19)11-21-15-16-12(8-4-2)10-13(18)17-15/h10H,3-9,11H2,1-2H3,(H,16,17,18). The van der Waals surface area contributed by atoms with Crippen molar-refractivity contribution in [3.63, 3.8) is 0 Å². The average Bonchev–Trinajstić information content (AvgIpc) is 2.45. The Kier molecular flexibility index (Phi) is 8.82. The van der Waals surface area contributed by atoms with Crippen LogP contribution in [0.1, 0.15) is 51.6 Å². The van der Waals surface area contributed by atoms with Crippen LogP contribution in [-0.4, -0.2) is 28.3 Å². The maximum atomic E-state index is 11.6. The van der Waals surface area contributed by atoms with E-state index in [1.807, 2.05) is 6.92 Å². The van der Waals surface area contributed by atoms with Crippen molar-refractivity contribution in [3.8, 4) is 0 Å². The summed E-state index contributed by atoms with van der Waals surface area (Å²) in [4.78, 5) is 30.0. The fourth-order valence-corrected chi connectivity index (χ4v) is 2.51. The van der Waals surface area contributed by atoms with Crippen molar-refractivity contribution in [2.24, 2.45) is 0 Å². The number of H-pyrrole nitrogens is 1. The van der Waals surface area contributed by atoms with Crippen molar-refractivity contribution >= 4 is 17.7 Å². The number of carbonyl (C=O) groups excluding carboxylic acids is 1. The zero-order valence-electron chi connectivity index (χ0n) is 12.8. The third kappa shape index (κ3) is 7.90. The molecule has 1 N–H and O–H groups in total. The number of aromatic amines is 1. The van der Waals surface area contributed by atoms with Gasteiger partial charge in [0.1, 0.15) is 0 Å². The van der Waals surface area contributed by atoms with Crippen molar-refractivity contribution in [1.82, 2.24) is 9.97 Å². The van der Waals surface area contributed by atoms with E-state index in [2.05, 4.69) is 16.9 Å². The molecule has 1 aromatic rings. The van der Waals surface area contributed by atoms with Crippen LogP contribution in [0.5, 0.6) is 0 Å². The van der Waals surface area contributed by atoms with Gasteiger partial charge in [0, 0.05) is 11.8 Å². The highest BCUT2D eigenvalue weighted by molar-refractivity contribution is 7.99. The van der Waals surface area contributed by atoms with Crippen LogP contribution in [0.3, 0.4) is 0 Å². The Balaban J connectivity index is 2.33. The molecule has 1 heterocycles. The monoisotopic (exact) mass is 312 g/mol. The fraction of sp³-hybridized carbons (Fsp3) is 0.667. The molecule has 5 nitrogen and oxygen atoms in total. The van der Waals surface area contributed by atoms with E-state index in [1.54, 1.807) is 0 Å². The van der Waals surface area contributed by atoms with Crippen molar-refractivity contribution in [2.75, 3.05) is 12.4 Å². The molecule has 0 aliphatic heterocycles. The molecule has 6 heteroatoms. The van der Waals surface area contributed by atoms with Gasteiger partial charge >= 0.3 is 5.97 Å². The largest absolute Gasteiger partial charge is 0.465 e. The summed E-state index contributed by atoms with van der Waals surface area (Å²) in [5, 5.41) is 0.480. The molecule has 1 aromatic heterocycles. The summed E-state index contributed by atoms with van der Waals surface area (Å²) in [6.45, 7) is 4.65. The van der Waals surface area contributed by atoms with Gasteiger partial charge in [0.15, 0.2) is 5.16 Å². The minimum Gasteiger partial charge on any atom is -0.465 e. The molecule has 0 aliphatic carbocycles. The van der Waals surface area contributed by atoms with Crippen molar-refractivity contribution in [2.45, 2.75) is 57.5 Å². The number of aromatic nitrogens is 2. The highest BCUT2D eigenvalue weighted by atomic mass is 32.2. The number of nitrogens with zero attached hydrogens (tertiary/aromatic N) is 1. The second kappa shape index (κ2) is 10.4. The molecule has 0 radical (unpaired) electrons. The number of hydrogen-bond acceptors (Lipinski definition) is 5. The van der Waals surface area contributed by atoms with Gasteiger partial charge in [-0.1, -0.05) is 51.3 Å². The van der Waals surface area contributed by atoms with Crippen LogP contribution in [0.2, 0.25) is 0 Å². The minimum atomic E-state index is -0.264. The lowest BCUT2D eigenvalue weighted by Crippen LogP contribution is -2.12. The number of thioether (sulfide) groups is 1. The molecule has 118 valence electrons. The Bertz CT molecular complexity index is 488. The first-order chi connectivity index (χ1) is 10.2. The van der Waals surface area contributed by atoms with Crippen LogP contribution in [0.25, 0.3) is 0 Å². The third-order valence-corrected chi connectivity index (χ3v) is 3.71. The third-order valence-electron chi connectivity index (χ3n) is 2.87. The first-order valence-electron chi connectivity index (χ1n) is 7.54. The Morgan fingerprint density at radius 1 is 1.29 bits per heavy atom. The molecule has 0 bridgehead atoms. The van der Waals surface area contributed by atoms with Crippen LogP contribution in [0, 0.1) is 0 Å². The normalized spacial score (nSPS) is 10.6. The molecule has 0 atom stereocenters. The lowest BCUT2D eigenvalue weighted by molar-refractivity contribution is -0.140. The van der Waals surface area contributed by atoms with Crippen molar-refractivity contribution in [3.05, 3.63) is 22.1 Å². The predicted molar refractivity (Wildman–Crippen MR) is 84.7 cm³/mol. The van der Waals surface area contributed by atoms with E-state index in [0.717, 1.165) is 37.8 Å². The topological polar surface area (TPSA) is 72.0 Å². The van der Waals surface area contributed by atoms with E-state index in [-0.39, 0.29) is 17.3 Å². The summed E-state index contributed by atoms with van der Waals surface area (Å²) in [7, 11) is 0. The Morgan fingerprint density at radius 2 is 2.10 bits per heavy atom. The number of aryl methyl sites for hydroxylation is 1. The van der Waals surface area contributed by atoms with Crippen molar-refractivity contribution in [1.29, 1.82) is 0 Å². The summed E-state index contributed by atoms with van der Waals surface area (Å²) in [5.74, 6) is -0.0909. The van der Waals surface area contributed by atoms with Gasteiger partial charge in [-0.15, -0.1) is 0 Å². The van der Waals surface area contributed by atoms with E-state index in [1.165, 1.54) is 24.2 Å². The summed E-state index contributed by atoms with van der Waals surface area (Å²) in [6.07, 6.45) is 6.02. The molecule has 1 rings (SSSR count). The molecule has 21 heavy (non-hydrogen) atoms. The van der Waals surface area contributed by atoms with Crippen LogP contribution < -0.4 is 5.56 Å². The SMILES string of the molecule is CCCCCCOC(=O)CSc1nc(CCC)cc(=O)[nH]1. The first kappa shape index (κ1) is 17.8. The van der Waals surface area contributed by atoms with Crippen LogP contribution in [0.4, 0.5) is 0 Å². The number of carbonyl (C=O) groups is 1. The summed E-state index contributed by atoms with van der Waals surface area (Å²) >= 11 is 1.21. The van der Waals surface area contributed by atoms with E-state index in [9.17, 15) is 9.59 Å². The second-order valence-corrected chi connectivity index (χ2v) is 5.83. The molecular weight excluding hydrogens is 288 g/mol. The Hall–Kier alpha value is -1.30. The molecule has 0 aliphatic rings. The summed E-state index contributed by atoms with van der Waals surface area (Å²) < 4.78 is 5.14. The number of unbranched alkanes of at least 4 members (excludes halogenated alkanes) is 3. The molecule has 0 unspecified atom stereocenters. The van der Waals surface area contributed by atoms with Crippen LogP contribution in [-0.2, 0) is 16.0 Å². The minimum absolute atomic E-state index is 0.173. The van der Waals surface area contributed by atoms with E-state index < -0.39 is 0 Å². The number of ether oxygens (including phenoxy) is 1. The van der Waals surface area contributed by atoms with Crippen LogP contribution >= 0.6 is 11.8 Å². The van der Waals surface area contributed by atoms with Gasteiger partial charge in [0.2, 0.25) is 0 Å². The highest BCUT2D eigenvalue weighted by Crippen LogP contribution is 2.12. The van der Waals surface area contributed by atoms with Gasteiger partial charge in [0.25, 0.3) is 5.56 Å². The van der Waals surface area contributed by atoms with Gasteiger partial charge in [0.05, 0.1) is 12.4 Å². The van der Waals surface area contributed by atoms with E-state index in [0.29, 0.717) is 11.8 Å². The Morgan fingerprint density at radius 3 is 2.81 bits per heavy atom. The highest BCUT2D eigenvalue weighted by Gasteiger charge is 2.07. The number of rotatable bonds is 10. The predicted octanol–water partition coefficient (Wildman–Crippen LogP) is 2.94. The van der Waals surface area contributed by atoms with E-state index in [4.69, 9.17) is 4.74 Å². The number of hydrogen-bond donors (Lipinski definition) is 1. The van der Waals surface area contributed by atoms with Gasteiger partial charge in [-0.05, 0) is 12.8 Å². The molecule has 0 saturated carbocycles. The zero-order chi connectivity index (χ0) is 15.5. The number of nitrogens with one attached hydrogen (secondary N) is 1. The quantitative estimate of drug-likeness (QED) is 0.311. The molecule has 0 saturated heterocycles. The fourth-order valence-electron chi connectivity index (χ4n) is 1.82. The maximum absolute atomic E-state index is 11.6. The first-order valence-corrected chi connectivity index (χ1v) is 8.53. The molecule has 0 spiro atoms. The van der Waals surface area contributed by atoms with E-state index >= 15 is 0 Å². The van der Waals surface area contributed by atoms with Gasteiger partial charge in [-0.3, -0.25) is 9.59 Å². The van der Waals surface area contributed by atoms with Gasteiger partial charge < -0.3 is 9.72 Å². The van der Waals surface area contributed by atoms with Gasteiger partial charge in [-0.25, -0.2) is 4.98 Å². The average molecular weight is 312 g/mol. The Labute approximate surface area is 129 Å². The van der Waals surface area contributed by atoms with Crippen molar-refractivity contribution < 1.29 is 9.53 Å². The molecule has 0 amide bonds. The molecular formula is C15H24N2O3S. The van der Waals surface area contributed by atoms with Crippen LogP contribution in [0.15, 0.2) is 16.0 Å². The summed E-state index contributed by atoms with van der Waals surface area (Å²) in [5.41, 5.74) is 0.584. The lowest BCUT2D eigenvalue weighted by Gasteiger charge is -2.05. The molecule has 0 fully saturated rings. The lowest BCUT2D eigenvalue weighted by atomic mass is 10.2. The summed E-state index contributed by atoms with van der Waals surface area (Å²) in [6, 6.07) is 1.50. The van der Waals surface area contributed by atoms with Gasteiger partial charge in [-0.2, -0.15) is 0 Å². The smallest absolute Gasteiger partial charge is 0.316 e. The number of esters is 1. The zero-order valence-corrected chi connectivity index (χ0v) is 13.6. The second-order valence-electron chi connectivity index (χ2n) is 4.86. The molecule has 0 aromatic carbocycles.